The van der Waals surface area contributed by atoms with Gasteiger partial charge in [0.2, 0.25) is 0 Å². The van der Waals surface area contributed by atoms with Gasteiger partial charge in [-0.1, -0.05) is 5.16 Å². The third-order valence-electron chi connectivity index (χ3n) is 2.44. The van der Waals surface area contributed by atoms with Gasteiger partial charge in [0.25, 0.3) is 0 Å². The maximum absolute atomic E-state index is 11.5. The van der Waals surface area contributed by atoms with Crippen LogP contribution in [0.2, 0.25) is 0 Å². The summed E-state index contributed by atoms with van der Waals surface area (Å²) in [6, 6.07) is 5.20. The molecule has 16 heavy (non-hydrogen) atoms. The lowest BCUT2D eigenvalue weighted by Gasteiger charge is -2.00. The van der Waals surface area contributed by atoms with Gasteiger partial charge in [-0.05, 0) is 12.1 Å². The van der Waals surface area contributed by atoms with Crippen LogP contribution in [0.5, 0.6) is 5.75 Å². The van der Waals surface area contributed by atoms with Crippen LogP contribution < -0.4 is 10.4 Å². The van der Waals surface area contributed by atoms with Crippen molar-refractivity contribution in [3.63, 3.8) is 0 Å². The highest BCUT2D eigenvalue weighted by Gasteiger charge is 2.11. The van der Waals surface area contributed by atoms with E-state index in [1.165, 1.54) is 6.26 Å². The zero-order chi connectivity index (χ0) is 11.1. The molecule has 0 aliphatic carbocycles. The number of aromatic nitrogens is 1. The first-order chi connectivity index (χ1) is 7.79. The highest BCUT2D eigenvalue weighted by molar-refractivity contribution is 6.01. The Bertz CT molecular complexity index is 726. The van der Waals surface area contributed by atoms with E-state index in [2.05, 4.69) is 5.16 Å². The minimum Gasteiger partial charge on any atom is -0.497 e. The van der Waals surface area contributed by atoms with Crippen LogP contribution in [-0.2, 0) is 0 Å². The molecule has 0 saturated heterocycles. The molecule has 80 valence electrons. The zero-order valence-electron chi connectivity index (χ0n) is 8.39. The quantitative estimate of drug-likeness (QED) is 0.583. The average molecular weight is 217 g/mol. The first kappa shape index (κ1) is 8.96. The molecule has 0 fully saturated rings. The SMILES string of the molecule is COc1ccc2c(c1)oc(=O)c1conc12. The number of methoxy groups -OCH3 is 1. The fourth-order valence-corrected chi connectivity index (χ4v) is 1.64. The Morgan fingerprint density at radius 3 is 3.00 bits per heavy atom. The second kappa shape index (κ2) is 3.10. The van der Waals surface area contributed by atoms with Gasteiger partial charge in [-0.25, -0.2) is 4.79 Å². The lowest BCUT2D eigenvalue weighted by atomic mass is 10.2. The van der Waals surface area contributed by atoms with Crippen molar-refractivity contribution < 1.29 is 13.7 Å². The maximum atomic E-state index is 11.5. The van der Waals surface area contributed by atoms with E-state index in [1.807, 2.05) is 0 Å². The van der Waals surface area contributed by atoms with Crippen LogP contribution in [0.15, 0.2) is 38.2 Å². The lowest BCUT2D eigenvalue weighted by Crippen LogP contribution is -1.98. The number of fused-ring (bicyclic) bond motifs is 3. The van der Waals surface area contributed by atoms with Crippen molar-refractivity contribution in [1.29, 1.82) is 0 Å². The Hall–Kier alpha value is -2.30. The van der Waals surface area contributed by atoms with Gasteiger partial charge in [0.05, 0.1) is 7.11 Å². The molecular weight excluding hydrogens is 210 g/mol. The Kier molecular flexibility index (Phi) is 1.73. The highest BCUT2D eigenvalue weighted by Crippen LogP contribution is 2.24. The van der Waals surface area contributed by atoms with Crippen molar-refractivity contribution in [2.75, 3.05) is 7.11 Å². The first-order valence-electron chi connectivity index (χ1n) is 4.64. The molecule has 0 atom stereocenters. The monoisotopic (exact) mass is 217 g/mol. The summed E-state index contributed by atoms with van der Waals surface area (Å²) in [6.07, 6.45) is 1.28. The number of ether oxygens (including phenoxy) is 1. The molecule has 0 N–H and O–H groups in total. The van der Waals surface area contributed by atoms with E-state index >= 15 is 0 Å². The molecule has 2 heterocycles. The summed E-state index contributed by atoms with van der Waals surface area (Å²) in [5.41, 5.74) is 0.483. The van der Waals surface area contributed by atoms with Crippen LogP contribution in [-0.4, -0.2) is 12.3 Å². The van der Waals surface area contributed by atoms with Crippen LogP contribution >= 0.6 is 0 Å². The molecule has 0 radical (unpaired) electrons. The van der Waals surface area contributed by atoms with Crippen molar-refractivity contribution >= 4 is 21.9 Å². The third-order valence-corrected chi connectivity index (χ3v) is 2.44. The summed E-state index contributed by atoms with van der Waals surface area (Å²) in [6.45, 7) is 0. The van der Waals surface area contributed by atoms with E-state index < -0.39 is 5.63 Å². The van der Waals surface area contributed by atoms with Crippen molar-refractivity contribution in [3.05, 3.63) is 34.9 Å². The molecule has 0 aliphatic rings. The second-order valence-electron chi connectivity index (χ2n) is 3.33. The first-order valence-corrected chi connectivity index (χ1v) is 4.64. The second-order valence-corrected chi connectivity index (χ2v) is 3.33. The zero-order valence-corrected chi connectivity index (χ0v) is 8.39. The van der Waals surface area contributed by atoms with Crippen molar-refractivity contribution in [2.45, 2.75) is 0 Å². The fraction of sp³-hybridized carbons (Fsp3) is 0.0909. The van der Waals surface area contributed by atoms with E-state index in [0.29, 0.717) is 22.2 Å². The summed E-state index contributed by atoms with van der Waals surface area (Å²) in [5.74, 6) is 0.624. The fourth-order valence-electron chi connectivity index (χ4n) is 1.64. The van der Waals surface area contributed by atoms with Crippen LogP contribution in [0.25, 0.3) is 21.9 Å². The van der Waals surface area contributed by atoms with Crippen LogP contribution in [0.4, 0.5) is 0 Å². The van der Waals surface area contributed by atoms with E-state index in [-0.39, 0.29) is 0 Å². The molecule has 0 unspecified atom stereocenters. The minimum absolute atomic E-state index is 0.345. The van der Waals surface area contributed by atoms with Crippen LogP contribution in [0, 0.1) is 0 Å². The highest BCUT2D eigenvalue weighted by atomic mass is 16.5. The van der Waals surface area contributed by atoms with Crippen molar-refractivity contribution in [1.82, 2.24) is 5.16 Å². The Morgan fingerprint density at radius 1 is 1.31 bits per heavy atom. The summed E-state index contributed by atoms with van der Waals surface area (Å²) < 4.78 is 15.0. The smallest absolute Gasteiger partial charge is 0.349 e. The summed E-state index contributed by atoms with van der Waals surface area (Å²) >= 11 is 0. The number of benzene rings is 1. The number of nitrogens with zero attached hydrogens (tertiary/aromatic N) is 1. The van der Waals surface area contributed by atoms with Gasteiger partial charge in [0, 0.05) is 11.5 Å². The van der Waals surface area contributed by atoms with E-state index in [1.54, 1.807) is 25.3 Å². The molecular formula is C11H7NO4. The van der Waals surface area contributed by atoms with Crippen molar-refractivity contribution in [3.8, 4) is 5.75 Å². The number of hydrogen-bond acceptors (Lipinski definition) is 5. The Morgan fingerprint density at radius 2 is 2.19 bits per heavy atom. The molecule has 2 aromatic heterocycles. The molecule has 5 nitrogen and oxygen atoms in total. The van der Waals surface area contributed by atoms with Gasteiger partial charge in [-0.3, -0.25) is 0 Å². The number of hydrogen-bond donors (Lipinski definition) is 0. The average Bonchev–Trinajstić information content (AvgIpc) is 2.78. The molecule has 3 rings (SSSR count). The Labute approximate surface area is 89.2 Å². The molecule has 0 bridgehead atoms. The van der Waals surface area contributed by atoms with E-state index in [4.69, 9.17) is 13.7 Å². The normalized spacial score (nSPS) is 11.1. The predicted octanol–water partition coefficient (Wildman–Crippen LogP) is 1.94. The van der Waals surface area contributed by atoms with Crippen LogP contribution in [0.3, 0.4) is 0 Å². The van der Waals surface area contributed by atoms with Crippen molar-refractivity contribution in [2.24, 2.45) is 0 Å². The van der Waals surface area contributed by atoms with Gasteiger partial charge in [-0.2, -0.15) is 0 Å². The molecule has 0 saturated carbocycles. The van der Waals surface area contributed by atoms with Gasteiger partial charge < -0.3 is 13.7 Å². The topological polar surface area (TPSA) is 65.5 Å². The molecule has 0 amide bonds. The summed E-state index contributed by atoms with van der Waals surface area (Å²) in [5, 5.41) is 4.86. The molecule has 5 heteroatoms. The van der Waals surface area contributed by atoms with Gasteiger partial charge >= 0.3 is 5.63 Å². The summed E-state index contributed by atoms with van der Waals surface area (Å²) in [4.78, 5) is 11.5. The molecule has 0 aliphatic heterocycles. The molecule has 1 aromatic carbocycles. The third kappa shape index (κ3) is 1.11. The standard InChI is InChI=1S/C11H7NO4/c1-14-6-2-3-7-9(4-6)16-11(13)8-5-15-12-10(7)8/h2-5H,1H3. The predicted molar refractivity (Wildman–Crippen MR) is 56.6 cm³/mol. The van der Waals surface area contributed by atoms with Gasteiger partial charge in [-0.15, -0.1) is 0 Å². The molecule has 3 aromatic rings. The Balaban J connectivity index is 2.53. The largest absolute Gasteiger partial charge is 0.497 e. The maximum Gasteiger partial charge on any atom is 0.349 e. The van der Waals surface area contributed by atoms with E-state index in [0.717, 1.165) is 5.39 Å². The summed E-state index contributed by atoms with van der Waals surface area (Å²) in [7, 11) is 1.55. The minimum atomic E-state index is -0.461. The van der Waals surface area contributed by atoms with Gasteiger partial charge in [0.15, 0.2) is 0 Å². The molecule has 0 spiro atoms. The van der Waals surface area contributed by atoms with E-state index in [9.17, 15) is 4.79 Å². The van der Waals surface area contributed by atoms with Crippen LogP contribution in [0.1, 0.15) is 0 Å². The number of rotatable bonds is 1. The van der Waals surface area contributed by atoms with Gasteiger partial charge in [0.1, 0.15) is 28.5 Å². The lowest BCUT2D eigenvalue weighted by molar-refractivity contribution is 0.414.